The number of aryl methyl sites for hydroxylation is 2. The molecule has 0 radical (unpaired) electrons. The fourth-order valence-electron chi connectivity index (χ4n) is 3.18. The van der Waals surface area contributed by atoms with Crippen LogP contribution in [0.15, 0.2) is 57.4 Å². The Labute approximate surface area is 186 Å². The van der Waals surface area contributed by atoms with Gasteiger partial charge in [0.05, 0.1) is 17.1 Å². The van der Waals surface area contributed by atoms with Crippen molar-refractivity contribution in [2.75, 3.05) is 6.54 Å². The van der Waals surface area contributed by atoms with E-state index in [0.29, 0.717) is 11.5 Å². The Hall–Kier alpha value is -3.86. The maximum Gasteiger partial charge on any atom is 0.267 e. The number of hydrogen-bond donors (Lipinski definition) is 1. The molecule has 0 aliphatic rings. The van der Waals surface area contributed by atoms with Gasteiger partial charge in [-0.25, -0.2) is 14.0 Å². The van der Waals surface area contributed by atoms with Crippen LogP contribution in [-0.4, -0.2) is 41.8 Å². The first kappa shape index (κ1) is 21.4. The molecule has 0 aromatic carbocycles. The van der Waals surface area contributed by atoms with Crippen LogP contribution in [0.3, 0.4) is 0 Å². The molecular formula is C21H21N7O3S. The number of carbonyl (C=O) groups is 1. The molecule has 11 heteroatoms. The molecule has 164 valence electrons. The first-order valence-corrected chi connectivity index (χ1v) is 10.8. The average Bonchev–Trinajstić information content (AvgIpc) is 3.41. The van der Waals surface area contributed by atoms with Gasteiger partial charge in [0.2, 0.25) is 5.91 Å². The maximum absolute atomic E-state index is 12.4. The predicted octanol–water partition coefficient (Wildman–Crippen LogP) is 1.15. The molecule has 0 bridgehead atoms. The molecule has 10 nitrogen and oxygen atoms in total. The fourth-order valence-corrected chi connectivity index (χ4v) is 3.87. The van der Waals surface area contributed by atoms with E-state index in [1.54, 1.807) is 16.8 Å². The van der Waals surface area contributed by atoms with E-state index >= 15 is 0 Å². The van der Waals surface area contributed by atoms with Gasteiger partial charge in [0.25, 0.3) is 11.1 Å². The molecular weight excluding hydrogens is 430 g/mol. The van der Waals surface area contributed by atoms with Gasteiger partial charge in [-0.05, 0) is 43.5 Å². The van der Waals surface area contributed by atoms with Crippen LogP contribution >= 0.6 is 11.3 Å². The first-order valence-electron chi connectivity index (χ1n) is 9.91. The van der Waals surface area contributed by atoms with E-state index in [4.69, 9.17) is 0 Å². The van der Waals surface area contributed by atoms with E-state index in [1.165, 1.54) is 28.2 Å². The van der Waals surface area contributed by atoms with Gasteiger partial charge < -0.3 is 5.32 Å². The van der Waals surface area contributed by atoms with Crippen LogP contribution in [0.4, 0.5) is 0 Å². The van der Waals surface area contributed by atoms with Gasteiger partial charge in [-0.2, -0.15) is 10.2 Å². The third-order valence-electron chi connectivity index (χ3n) is 4.66. The lowest BCUT2D eigenvalue weighted by Gasteiger charge is -2.10. The molecule has 0 aliphatic carbocycles. The molecule has 4 rings (SSSR count). The molecule has 4 heterocycles. The van der Waals surface area contributed by atoms with Gasteiger partial charge in [0, 0.05) is 24.4 Å². The Morgan fingerprint density at radius 1 is 1.00 bits per heavy atom. The van der Waals surface area contributed by atoms with Crippen LogP contribution in [0, 0.1) is 13.8 Å². The van der Waals surface area contributed by atoms with Crippen molar-refractivity contribution in [1.82, 2.24) is 34.7 Å². The monoisotopic (exact) mass is 451 g/mol. The minimum Gasteiger partial charge on any atom is -0.353 e. The van der Waals surface area contributed by atoms with Crippen molar-refractivity contribution < 1.29 is 4.79 Å². The van der Waals surface area contributed by atoms with E-state index in [9.17, 15) is 14.4 Å². The highest BCUT2D eigenvalue weighted by molar-refractivity contribution is 7.13. The molecule has 0 saturated heterocycles. The van der Waals surface area contributed by atoms with Crippen LogP contribution in [0.1, 0.15) is 11.4 Å². The highest BCUT2D eigenvalue weighted by Crippen LogP contribution is 2.20. The maximum atomic E-state index is 12.4. The average molecular weight is 452 g/mol. The molecule has 0 atom stereocenters. The Morgan fingerprint density at radius 3 is 2.50 bits per heavy atom. The van der Waals surface area contributed by atoms with E-state index in [0.717, 1.165) is 20.9 Å². The van der Waals surface area contributed by atoms with Crippen molar-refractivity contribution in [2.45, 2.75) is 26.9 Å². The van der Waals surface area contributed by atoms with Crippen molar-refractivity contribution in [3.8, 4) is 16.4 Å². The largest absolute Gasteiger partial charge is 0.353 e. The molecule has 4 aromatic heterocycles. The number of nitrogens with zero attached hydrogens (tertiary/aromatic N) is 6. The van der Waals surface area contributed by atoms with Gasteiger partial charge in [-0.1, -0.05) is 6.07 Å². The minimum atomic E-state index is -0.396. The number of amides is 1. The van der Waals surface area contributed by atoms with E-state index in [1.807, 2.05) is 37.4 Å². The zero-order valence-corrected chi connectivity index (χ0v) is 18.4. The van der Waals surface area contributed by atoms with E-state index < -0.39 is 11.5 Å². The molecule has 1 N–H and O–H groups in total. The zero-order chi connectivity index (χ0) is 22.7. The van der Waals surface area contributed by atoms with Crippen LogP contribution in [-0.2, 0) is 17.9 Å². The number of hydrogen-bond acceptors (Lipinski definition) is 7. The van der Waals surface area contributed by atoms with Gasteiger partial charge in [0.15, 0.2) is 5.82 Å². The number of rotatable bonds is 7. The second-order valence-corrected chi connectivity index (χ2v) is 8.08. The molecule has 0 spiro atoms. The van der Waals surface area contributed by atoms with Gasteiger partial charge in [-0.15, -0.1) is 16.4 Å². The van der Waals surface area contributed by atoms with Gasteiger partial charge in [0.1, 0.15) is 12.2 Å². The summed E-state index contributed by atoms with van der Waals surface area (Å²) in [5.74, 6) is 0.0525. The molecule has 0 aliphatic heterocycles. The molecule has 32 heavy (non-hydrogen) atoms. The molecule has 0 fully saturated rings. The van der Waals surface area contributed by atoms with Crippen molar-refractivity contribution in [1.29, 1.82) is 0 Å². The predicted molar refractivity (Wildman–Crippen MR) is 120 cm³/mol. The number of aromatic nitrogens is 6. The summed E-state index contributed by atoms with van der Waals surface area (Å²) in [6.45, 7) is 3.89. The van der Waals surface area contributed by atoms with E-state index in [-0.39, 0.29) is 25.2 Å². The van der Waals surface area contributed by atoms with Crippen LogP contribution < -0.4 is 16.4 Å². The lowest BCUT2D eigenvalue weighted by molar-refractivity contribution is -0.121. The Kier molecular flexibility index (Phi) is 6.08. The highest BCUT2D eigenvalue weighted by atomic mass is 32.1. The smallest absolute Gasteiger partial charge is 0.267 e. The van der Waals surface area contributed by atoms with Crippen molar-refractivity contribution in [3.05, 3.63) is 79.9 Å². The third-order valence-corrected chi connectivity index (χ3v) is 5.55. The molecule has 1 amide bonds. The number of nitrogens with one attached hydrogen (secondary N) is 1. The summed E-state index contributed by atoms with van der Waals surface area (Å²) in [4.78, 5) is 37.6. The van der Waals surface area contributed by atoms with Crippen LogP contribution in [0.2, 0.25) is 0 Å². The third kappa shape index (κ3) is 4.72. The quantitative estimate of drug-likeness (QED) is 0.451. The summed E-state index contributed by atoms with van der Waals surface area (Å²) >= 11 is 1.53. The topological polar surface area (TPSA) is 117 Å². The molecule has 0 unspecified atom stereocenters. The van der Waals surface area contributed by atoms with Crippen LogP contribution in [0.5, 0.6) is 0 Å². The summed E-state index contributed by atoms with van der Waals surface area (Å²) < 4.78 is 4.01. The van der Waals surface area contributed by atoms with Crippen molar-refractivity contribution in [3.63, 3.8) is 0 Å². The van der Waals surface area contributed by atoms with Crippen LogP contribution in [0.25, 0.3) is 16.4 Å². The summed E-state index contributed by atoms with van der Waals surface area (Å²) in [6.07, 6.45) is 0. The van der Waals surface area contributed by atoms with Gasteiger partial charge in [-0.3, -0.25) is 14.4 Å². The number of thiophene rings is 1. The lowest BCUT2D eigenvalue weighted by Crippen LogP contribution is -2.36. The minimum absolute atomic E-state index is 0.186. The standard InChI is InChI=1S/C21H21N7O3S/c1-14-12-15(2)28(23-14)18-6-8-21(31)27(25-18)13-19(29)22-9-10-26-20(30)7-5-16(24-26)17-4-3-11-32-17/h3-8,11-12H,9-10,13H2,1-2H3,(H,22,29). The normalized spacial score (nSPS) is 10.9. The second-order valence-electron chi connectivity index (χ2n) is 7.13. The lowest BCUT2D eigenvalue weighted by atomic mass is 10.3. The summed E-state index contributed by atoms with van der Waals surface area (Å²) in [5.41, 5.74) is 1.74. The van der Waals surface area contributed by atoms with Gasteiger partial charge >= 0.3 is 0 Å². The SMILES string of the molecule is Cc1cc(C)n(-c2ccc(=O)n(CC(=O)NCCn3nc(-c4cccs4)ccc3=O)n2)n1. The Balaban J connectivity index is 1.40. The molecule has 4 aromatic rings. The second kappa shape index (κ2) is 9.10. The Morgan fingerprint density at radius 2 is 1.78 bits per heavy atom. The molecule has 0 saturated carbocycles. The summed E-state index contributed by atoms with van der Waals surface area (Å²) in [7, 11) is 0. The van der Waals surface area contributed by atoms with E-state index in [2.05, 4.69) is 20.6 Å². The highest BCUT2D eigenvalue weighted by Gasteiger charge is 2.11. The fraction of sp³-hybridized carbons (Fsp3) is 0.238. The number of carbonyl (C=O) groups excluding carboxylic acids is 1. The Bertz CT molecular complexity index is 1370. The summed E-state index contributed by atoms with van der Waals surface area (Å²) in [5, 5.41) is 17.6. The van der Waals surface area contributed by atoms with Crippen molar-refractivity contribution >= 4 is 17.2 Å². The summed E-state index contributed by atoms with van der Waals surface area (Å²) in [6, 6.07) is 11.8. The van der Waals surface area contributed by atoms with Crippen molar-refractivity contribution in [2.24, 2.45) is 0 Å². The zero-order valence-electron chi connectivity index (χ0n) is 17.6. The first-order chi connectivity index (χ1) is 15.4.